The Hall–Kier alpha value is -1.75. The molecular weight excluding hydrogens is 182 g/mol. The first-order chi connectivity index (χ1) is 6.83. The molecule has 0 N–H and O–H groups in total. The fourth-order valence-electron chi connectivity index (χ4n) is 1.23. The Morgan fingerprint density at radius 3 is 3.00 bits per heavy atom. The van der Waals surface area contributed by atoms with E-state index in [-0.39, 0.29) is 12.3 Å². The van der Waals surface area contributed by atoms with E-state index in [0.29, 0.717) is 10.9 Å². The van der Waals surface area contributed by atoms with Gasteiger partial charge >= 0.3 is 0 Å². The molecule has 2 rings (SSSR count). The van der Waals surface area contributed by atoms with E-state index in [1.165, 1.54) is 11.8 Å². The first-order valence-electron chi connectivity index (χ1n) is 4.14. The molecule has 0 atom stereocenters. The van der Waals surface area contributed by atoms with Gasteiger partial charge in [-0.05, 0) is 12.1 Å². The Kier molecular flexibility index (Phi) is 2.24. The molecule has 0 aliphatic carbocycles. The highest BCUT2D eigenvalue weighted by Gasteiger charge is 2.03. The largest absolute Gasteiger partial charge is 0.362 e. The Balaban J connectivity index is 2.69. The van der Waals surface area contributed by atoms with Crippen molar-refractivity contribution in [2.45, 2.75) is 6.73 Å². The lowest BCUT2D eigenvalue weighted by Crippen LogP contribution is -2.24. The summed E-state index contributed by atoms with van der Waals surface area (Å²) in [5.74, 6) is 0. The van der Waals surface area contributed by atoms with Crippen LogP contribution in [0.25, 0.3) is 10.9 Å². The fraction of sp³-hybridized carbons (Fsp3) is 0.222. The zero-order valence-electron chi connectivity index (χ0n) is 7.67. The van der Waals surface area contributed by atoms with E-state index in [4.69, 9.17) is 4.74 Å². The van der Waals surface area contributed by atoms with Crippen LogP contribution in [0.15, 0.2) is 29.1 Å². The van der Waals surface area contributed by atoms with E-state index in [0.717, 1.165) is 0 Å². The first kappa shape index (κ1) is 8.83. The minimum atomic E-state index is -0.183. The Labute approximate surface area is 79.9 Å². The molecular formula is C9H9N3O2. The van der Waals surface area contributed by atoms with Crippen LogP contribution in [0, 0.1) is 0 Å². The fourth-order valence-corrected chi connectivity index (χ4v) is 1.23. The maximum Gasteiger partial charge on any atom is 0.279 e. The SMILES string of the molecule is COCn1nnc2ccccc2c1=O. The van der Waals surface area contributed by atoms with Gasteiger partial charge in [-0.3, -0.25) is 4.79 Å². The molecule has 72 valence electrons. The normalized spacial score (nSPS) is 10.6. The molecule has 14 heavy (non-hydrogen) atoms. The summed E-state index contributed by atoms with van der Waals surface area (Å²) >= 11 is 0. The second-order valence-corrected chi connectivity index (χ2v) is 2.83. The predicted molar refractivity (Wildman–Crippen MR) is 50.8 cm³/mol. The number of rotatable bonds is 2. The van der Waals surface area contributed by atoms with Gasteiger partial charge in [0.15, 0.2) is 0 Å². The molecule has 0 aliphatic rings. The van der Waals surface area contributed by atoms with Crippen molar-refractivity contribution in [3.63, 3.8) is 0 Å². The third-order valence-electron chi connectivity index (χ3n) is 1.88. The van der Waals surface area contributed by atoms with Gasteiger partial charge in [-0.25, -0.2) is 0 Å². The Morgan fingerprint density at radius 2 is 2.21 bits per heavy atom. The van der Waals surface area contributed by atoms with Crippen LogP contribution in [0.1, 0.15) is 0 Å². The molecule has 1 aromatic heterocycles. The van der Waals surface area contributed by atoms with E-state index in [1.54, 1.807) is 18.2 Å². The molecule has 2 aromatic rings. The topological polar surface area (TPSA) is 57.0 Å². The van der Waals surface area contributed by atoms with Crippen LogP contribution in [0.4, 0.5) is 0 Å². The van der Waals surface area contributed by atoms with E-state index in [9.17, 15) is 4.79 Å². The molecule has 0 amide bonds. The number of hydrogen-bond acceptors (Lipinski definition) is 4. The van der Waals surface area contributed by atoms with Crippen molar-refractivity contribution in [1.29, 1.82) is 0 Å². The number of ether oxygens (including phenoxy) is 1. The van der Waals surface area contributed by atoms with Gasteiger partial charge in [0.05, 0.1) is 5.39 Å². The summed E-state index contributed by atoms with van der Waals surface area (Å²) in [6.45, 7) is 0.122. The van der Waals surface area contributed by atoms with Crippen LogP contribution in [0.5, 0.6) is 0 Å². The third kappa shape index (κ3) is 1.38. The van der Waals surface area contributed by atoms with E-state index >= 15 is 0 Å². The van der Waals surface area contributed by atoms with Gasteiger partial charge in [0, 0.05) is 7.11 Å². The Morgan fingerprint density at radius 1 is 1.43 bits per heavy atom. The van der Waals surface area contributed by atoms with E-state index < -0.39 is 0 Å². The van der Waals surface area contributed by atoms with Crippen molar-refractivity contribution in [1.82, 2.24) is 15.0 Å². The number of aromatic nitrogens is 3. The van der Waals surface area contributed by atoms with Gasteiger partial charge in [0.2, 0.25) is 0 Å². The molecule has 0 unspecified atom stereocenters. The second kappa shape index (κ2) is 3.55. The summed E-state index contributed by atoms with van der Waals surface area (Å²) in [5.41, 5.74) is 0.419. The van der Waals surface area contributed by atoms with E-state index in [2.05, 4.69) is 10.3 Å². The third-order valence-corrected chi connectivity index (χ3v) is 1.88. The highest BCUT2D eigenvalue weighted by atomic mass is 16.5. The highest BCUT2D eigenvalue weighted by molar-refractivity contribution is 5.76. The van der Waals surface area contributed by atoms with Crippen LogP contribution < -0.4 is 5.56 Å². The van der Waals surface area contributed by atoms with Crippen LogP contribution in [-0.2, 0) is 11.5 Å². The lowest BCUT2D eigenvalue weighted by Gasteiger charge is -2.01. The number of fused-ring (bicyclic) bond motifs is 1. The van der Waals surface area contributed by atoms with Crippen LogP contribution in [-0.4, -0.2) is 22.1 Å². The summed E-state index contributed by atoms with van der Waals surface area (Å²) in [5, 5.41) is 8.17. The minimum Gasteiger partial charge on any atom is -0.362 e. The smallest absolute Gasteiger partial charge is 0.279 e. The summed E-state index contributed by atoms with van der Waals surface area (Å²) in [7, 11) is 1.50. The van der Waals surface area contributed by atoms with Crippen molar-refractivity contribution in [3.05, 3.63) is 34.6 Å². The standard InChI is InChI=1S/C9H9N3O2/c1-14-6-12-9(13)7-4-2-3-5-8(7)10-11-12/h2-5H,6H2,1H3. The molecule has 0 spiro atoms. The second-order valence-electron chi connectivity index (χ2n) is 2.83. The van der Waals surface area contributed by atoms with Crippen molar-refractivity contribution in [2.24, 2.45) is 0 Å². The summed E-state index contributed by atoms with van der Waals surface area (Å²) in [6, 6.07) is 7.08. The lowest BCUT2D eigenvalue weighted by atomic mass is 10.2. The van der Waals surface area contributed by atoms with Crippen molar-refractivity contribution < 1.29 is 4.74 Å². The van der Waals surface area contributed by atoms with Crippen molar-refractivity contribution >= 4 is 10.9 Å². The van der Waals surface area contributed by atoms with Crippen LogP contribution in [0.3, 0.4) is 0 Å². The molecule has 0 bridgehead atoms. The quantitative estimate of drug-likeness (QED) is 0.689. The van der Waals surface area contributed by atoms with Gasteiger partial charge in [0.1, 0.15) is 12.2 Å². The molecule has 1 heterocycles. The summed E-state index contributed by atoms with van der Waals surface area (Å²) in [4.78, 5) is 11.7. The average Bonchev–Trinajstić information content (AvgIpc) is 2.23. The van der Waals surface area contributed by atoms with Crippen LogP contribution in [0.2, 0.25) is 0 Å². The average molecular weight is 191 g/mol. The van der Waals surface area contributed by atoms with Gasteiger partial charge in [-0.2, -0.15) is 4.68 Å². The molecule has 0 fully saturated rings. The molecule has 0 aliphatic heterocycles. The maximum atomic E-state index is 11.7. The zero-order chi connectivity index (χ0) is 9.97. The number of benzene rings is 1. The van der Waals surface area contributed by atoms with Crippen molar-refractivity contribution in [3.8, 4) is 0 Å². The Bertz CT molecular complexity index is 507. The monoisotopic (exact) mass is 191 g/mol. The molecule has 0 radical (unpaired) electrons. The highest BCUT2D eigenvalue weighted by Crippen LogP contribution is 2.02. The number of nitrogens with zero attached hydrogens (tertiary/aromatic N) is 3. The molecule has 0 saturated heterocycles. The van der Waals surface area contributed by atoms with Gasteiger partial charge in [0.25, 0.3) is 5.56 Å². The number of methoxy groups -OCH3 is 1. The predicted octanol–water partition coefficient (Wildman–Crippen LogP) is 0.395. The summed E-state index contributed by atoms with van der Waals surface area (Å²) in [6.07, 6.45) is 0. The van der Waals surface area contributed by atoms with E-state index in [1.807, 2.05) is 6.07 Å². The summed E-state index contributed by atoms with van der Waals surface area (Å²) < 4.78 is 6.00. The minimum absolute atomic E-state index is 0.122. The molecule has 5 nitrogen and oxygen atoms in total. The van der Waals surface area contributed by atoms with Crippen molar-refractivity contribution in [2.75, 3.05) is 7.11 Å². The first-order valence-corrected chi connectivity index (χ1v) is 4.14. The maximum absolute atomic E-state index is 11.7. The molecule has 0 saturated carbocycles. The molecule has 5 heteroatoms. The zero-order valence-corrected chi connectivity index (χ0v) is 7.67. The van der Waals surface area contributed by atoms with Gasteiger partial charge in [-0.1, -0.05) is 17.3 Å². The molecule has 1 aromatic carbocycles. The van der Waals surface area contributed by atoms with Gasteiger partial charge < -0.3 is 4.74 Å². The van der Waals surface area contributed by atoms with Gasteiger partial charge in [-0.15, -0.1) is 5.10 Å². The van der Waals surface area contributed by atoms with Crippen LogP contribution >= 0.6 is 0 Å². The lowest BCUT2D eigenvalue weighted by molar-refractivity contribution is 0.114. The number of hydrogen-bond donors (Lipinski definition) is 0.